The highest BCUT2D eigenvalue weighted by Gasteiger charge is 2.24. The molecule has 2 nitrogen and oxygen atoms in total. The summed E-state index contributed by atoms with van der Waals surface area (Å²) >= 11 is 0. The van der Waals surface area contributed by atoms with Gasteiger partial charge in [-0.1, -0.05) is 54.5 Å². The number of aromatic hydroxyl groups is 2. The quantitative estimate of drug-likeness (QED) is 0.593. The van der Waals surface area contributed by atoms with Gasteiger partial charge in [-0.05, 0) is 94.3 Å². The molecule has 0 radical (unpaired) electrons. The van der Waals surface area contributed by atoms with Gasteiger partial charge in [0.15, 0.2) is 0 Å². The van der Waals surface area contributed by atoms with Gasteiger partial charge in [-0.3, -0.25) is 0 Å². The van der Waals surface area contributed by atoms with E-state index >= 15 is 0 Å². The Morgan fingerprint density at radius 1 is 0.750 bits per heavy atom. The van der Waals surface area contributed by atoms with Gasteiger partial charge in [0.05, 0.1) is 0 Å². The lowest BCUT2D eigenvalue weighted by Crippen LogP contribution is -2.13. The van der Waals surface area contributed by atoms with E-state index in [1.54, 1.807) is 0 Å². The first kappa shape index (κ1) is 22.1. The molecular formula is C26H36O2. The van der Waals surface area contributed by atoms with Gasteiger partial charge >= 0.3 is 0 Å². The summed E-state index contributed by atoms with van der Waals surface area (Å²) in [5.74, 6) is 0.699. The first-order valence-electron chi connectivity index (χ1n) is 10.2. The molecule has 0 aromatic heterocycles. The number of aryl methyl sites for hydroxylation is 2. The largest absolute Gasteiger partial charge is 0.508 e. The molecule has 0 spiro atoms. The van der Waals surface area contributed by atoms with Gasteiger partial charge in [-0.25, -0.2) is 0 Å². The predicted molar refractivity (Wildman–Crippen MR) is 120 cm³/mol. The molecule has 0 heterocycles. The first-order valence-corrected chi connectivity index (χ1v) is 10.2. The molecule has 2 rings (SSSR count). The smallest absolute Gasteiger partial charge is 0.119 e. The maximum absolute atomic E-state index is 10.5. The van der Waals surface area contributed by atoms with Crippen molar-refractivity contribution in [3.8, 4) is 11.5 Å². The van der Waals surface area contributed by atoms with E-state index in [1.165, 1.54) is 0 Å². The minimum atomic E-state index is -0.148. The van der Waals surface area contributed by atoms with Crippen LogP contribution in [0.4, 0.5) is 0 Å². The first-order chi connectivity index (χ1) is 12.8. The van der Waals surface area contributed by atoms with E-state index in [2.05, 4.69) is 66.7 Å². The fourth-order valence-electron chi connectivity index (χ4n) is 3.74. The van der Waals surface area contributed by atoms with Crippen molar-refractivity contribution >= 4 is 5.57 Å². The second kappa shape index (κ2) is 7.66. The molecule has 0 unspecified atom stereocenters. The zero-order valence-corrected chi connectivity index (χ0v) is 19.0. The number of phenols is 2. The molecule has 0 aliphatic rings. The fourth-order valence-corrected chi connectivity index (χ4v) is 3.74. The number of allylic oxidation sites excluding steroid dienone is 1. The van der Waals surface area contributed by atoms with Crippen LogP contribution in [0, 0.1) is 13.8 Å². The van der Waals surface area contributed by atoms with E-state index in [0.717, 1.165) is 45.4 Å². The van der Waals surface area contributed by atoms with Gasteiger partial charge in [0.1, 0.15) is 11.5 Å². The minimum Gasteiger partial charge on any atom is -0.508 e. The Bertz CT molecular complexity index is 832. The lowest BCUT2D eigenvalue weighted by Gasteiger charge is -2.25. The van der Waals surface area contributed by atoms with Gasteiger partial charge < -0.3 is 10.2 Å². The van der Waals surface area contributed by atoms with E-state index in [4.69, 9.17) is 0 Å². The van der Waals surface area contributed by atoms with E-state index in [0.29, 0.717) is 11.5 Å². The van der Waals surface area contributed by atoms with Crippen LogP contribution in [0.1, 0.15) is 88.3 Å². The van der Waals surface area contributed by atoms with Crippen LogP contribution in [0.3, 0.4) is 0 Å². The molecule has 0 saturated carbocycles. The highest BCUT2D eigenvalue weighted by molar-refractivity contribution is 5.84. The highest BCUT2D eigenvalue weighted by atomic mass is 16.3. The summed E-state index contributed by atoms with van der Waals surface area (Å²) in [6, 6.07) is 8.02. The van der Waals surface area contributed by atoms with Crippen LogP contribution in [-0.2, 0) is 10.8 Å². The number of phenolic OH excluding ortho intramolecular Hbond substituents is 2. The monoisotopic (exact) mass is 380 g/mol. The molecule has 0 fully saturated rings. The normalized spacial score (nSPS) is 12.2. The molecule has 0 bridgehead atoms. The van der Waals surface area contributed by atoms with Crippen LogP contribution in [-0.4, -0.2) is 10.2 Å². The zero-order valence-electron chi connectivity index (χ0n) is 19.0. The van der Waals surface area contributed by atoms with Crippen molar-refractivity contribution in [2.45, 2.75) is 79.6 Å². The maximum Gasteiger partial charge on any atom is 0.119 e. The molecule has 2 aromatic carbocycles. The van der Waals surface area contributed by atoms with Gasteiger partial charge in [0, 0.05) is 0 Å². The molecule has 0 aliphatic heterocycles. The van der Waals surface area contributed by atoms with E-state index in [-0.39, 0.29) is 10.8 Å². The van der Waals surface area contributed by atoms with Gasteiger partial charge in [-0.2, -0.15) is 0 Å². The topological polar surface area (TPSA) is 40.5 Å². The average molecular weight is 381 g/mol. The second-order valence-electron chi connectivity index (χ2n) is 9.89. The van der Waals surface area contributed by atoms with Crippen LogP contribution in [0.5, 0.6) is 11.5 Å². The predicted octanol–water partition coefficient (Wildman–Crippen LogP) is 7.15. The molecular weight excluding hydrogens is 344 g/mol. The van der Waals surface area contributed by atoms with Gasteiger partial charge in [-0.15, -0.1) is 0 Å². The maximum atomic E-state index is 10.5. The Morgan fingerprint density at radius 3 is 1.39 bits per heavy atom. The average Bonchev–Trinajstić information content (AvgIpc) is 2.51. The molecule has 2 N–H and O–H groups in total. The molecule has 2 aromatic rings. The van der Waals surface area contributed by atoms with Crippen LogP contribution < -0.4 is 0 Å². The number of rotatable bonds is 3. The van der Waals surface area contributed by atoms with E-state index in [9.17, 15) is 10.2 Å². The summed E-state index contributed by atoms with van der Waals surface area (Å²) in [6.07, 6.45) is 3.16. The minimum absolute atomic E-state index is 0.148. The summed E-state index contributed by atoms with van der Waals surface area (Å²) in [7, 11) is 0. The summed E-state index contributed by atoms with van der Waals surface area (Å²) in [4.78, 5) is 0. The third-order valence-corrected chi connectivity index (χ3v) is 5.29. The Hall–Kier alpha value is -2.22. The van der Waals surface area contributed by atoms with Crippen molar-refractivity contribution in [2.24, 2.45) is 0 Å². The molecule has 0 aliphatic carbocycles. The third kappa shape index (κ3) is 4.43. The van der Waals surface area contributed by atoms with Crippen LogP contribution in [0.15, 0.2) is 30.3 Å². The van der Waals surface area contributed by atoms with Crippen LogP contribution >= 0.6 is 0 Å². The van der Waals surface area contributed by atoms with Crippen molar-refractivity contribution in [1.29, 1.82) is 0 Å². The number of benzene rings is 2. The summed E-state index contributed by atoms with van der Waals surface area (Å²) in [6.45, 7) is 18.9. The molecule has 2 heteroatoms. The molecule has 0 atom stereocenters. The van der Waals surface area contributed by atoms with Crippen molar-refractivity contribution in [2.75, 3.05) is 0 Å². The Kier molecular flexibility index (Phi) is 6.04. The number of hydrogen-bond donors (Lipinski definition) is 2. The Morgan fingerprint density at radius 2 is 1.11 bits per heavy atom. The molecule has 0 saturated heterocycles. The lowest BCUT2D eigenvalue weighted by atomic mass is 9.80. The summed E-state index contributed by atoms with van der Waals surface area (Å²) in [5, 5.41) is 21.0. The highest BCUT2D eigenvalue weighted by Crippen LogP contribution is 2.40. The summed E-state index contributed by atoms with van der Waals surface area (Å²) < 4.78 is 0. The van der Waals surface area contributed by atoms with Crippen molar-refractivity contribution < 1.29 is 10.2 Å². The van der Waals surface area contributed by atoms with Crippen LogP contribution in [0.25, 0.3) is 5.57 Å². The molecule has 0 amide bonds. The Balaban J connectivity index is 2.81. The van der Waals surface area contributed by atoms with E-state index in [1.807, 2.05) is 26.0 Å². The Labute approximate surface area is 170 Å². The van der Waals surface area contributed by atoms with Crippen LogP contribution in [0.2, 0.25) is 0 Å². The molecule has 28 heavy (non-hydrogen) atoms. The fraction of sp³-hybridized carbons (Fsp3) is 0.462. The van der Waals surface area contributed by atoms with E-state index < -0.39 is 0 Å². The second-order valence-corrected chi connectivity index (χ2v) is 9.89. The lowest BCUT2D eigenvalue weighted by molar-refractivity contribution is 0.445. The van der Waals surface area contributed by atoms with Crippen molar-refractivity contribution in [3.63, 3.8) is 0 Å². The SMILES string of the molecule is CCC=C(c1cc(C(C)(C)C)c(O)cc1C)c1cc(C(C)(C)C)c(O)cc1C. The van der Waals surface area contributed by atoms with Crippen molar-refractivity contribution in [1.82, 2.24) is 0 Å². The standard InChI is InChI=1S/C26H36O2/c1-10-11-18(19-14-21(25(4,5)6)23(27)12-16(19)2)20-15-22(26(7,8)9)24(28)13-17(20)3/h11-15,27-28H,10H2,1-9H3. The number of hydrogen-bond acceptors (Lipinski definition) is 2. The van der Waals surface area contributed by atoms with Gasteiger partial charge in [0.2, 0.25) is 0 Å². The summed E-state index contributed by atoms with van der Waals surface area (Å²) in [5.41, 5.74) is 7.13. The van der Waals surface area contributed by atoms with Crippen molar-refractivity contribution in [3.05, 3.63) is 63.7 Å². The van der Waals surface area contributed by atoms with Gasteiger partial charge in [0.25, 0.3) is 0 Å². The zero-order chi connectivity index (χ0) is 21.4. The molecule has 152 valence electrons. The third-order valence-electron chi connectivity index (χ3n) is 5.29.